The molecular weight excluding hydrogens is 254 g/mol. The molecule has 1 aliphatic heterocycles. The molecule has 0 aliphatic carbocycles. The first-order valence-corrected chi connectivity index (χ1v) is 5.70. The largest absolute Gasteiger partial charge is 0.468 e. The van der Waals surface area contributed by atoms with Crippen LogP contribution in [-0.4, -0.2) is 33.0 Å². The molecule has 0 amide bonds. The van der Waals surface area contributed by atoms with E-state index in [0.29, 0.717) is 11.5 Å². The van der Waals surface area contributed by atoms with E-state index in [-0.39, 0.29) is 13.2 Å². The van der Waals surface area contributed by atoms with Crippen molar-refractivity contribution in [3.05, 3.63) is 23.8 Å². The average molecular weight is 268 g/mol. The quantitative estimate of drug-likeness (QED) is 0.597. The molecule has 2 rings (SSSR count). The molecule has 19 heavy (non-hydrogen) atoms. The summed E-state index contributed by atoms with van der Waals surface area (Å²) in [7, 11) is 2.47. The summed E-state index contributed by atoms with van der Waals surface area (Å²) in [5.41, 5.74) is 0.769. The summed E-state index contributed by atoms with van der Waals surface area (Å²) in [6, 6.07) is 5.25. The molecule has 1 aromatic carbocycles. The fraction of sp³-hybridized carbons (Fsp3) is 0.385. The molecule has 0 unspecified atom stereocenters. The lowest BCUT2D eigenvalue weighted by Crippen LogP contribution is -2.28. The van der Waals surface area contributed by atoms with Crippen LogP contribution in [0.4, 0.5) is 0 Å². The number of esters is 2. The topological polar surface area (TPSA) is 71.1 Å². The third kappa shape index (κ3) is 2.78. The molecule has 0 spiro atoms. The Labute approximate surface area is 110 Å². The van der Waals surface area contributed by atoms with Crippen LogP contribution in [-0.2, 0) is 25.5 Å². The van der Waals surface area contributed by atoms with Crippen LogP contribution in [0.1, 0.15) is 5.56 Å². The maximum atomic E-state index is 11.6. The molecule has 0 saturated carbocycles. The molecule has 0 N–H and O–H groups in total. The Morgan fingerprint density at radius 2 is 1.79 bits per heavy atom. The summed E-state index contributed by atoms with van der Waals surface area (Å²) in [6.07, 6.45) is 0.190. The van der Waals surface area contributed by atoms with Crippen molar-refractivity contribution in [1.29, 1.82) is 0 Å². The van der Waals surface area contributed by atoms with Crippen LogP contribution in [0.5, 0.6) is 11.5 Å². The van der Waals surface area contributed by atoms with Gasteiger partial charge in [-0.25, -0.2) is 0 Å². The molecule has 0 bridgehead atoms. The lowest BCUT2D eigenvalue weighted by atomic mass is 10.2. The van der Waals surface area contributed by atoms with E-state index in [1.807, 2.05) is 0 Å². The fourth-order valence-corrected chi connectivity index (χ4v) is 1.85. The Morgan fingerprint density at radius 1 is 1.16 bits per heavy atom. The summed E-state index contributed by atoms with van der Waals surface area (Å²) >= 11 is 0. The second-order valence-electron chi connectivity index (χ2n) is 3.99. The number of rotatable bonds is 4. The van der Waals surface area contributed by atoms with E-state index >= 15 is 0 Å². The first-order valence-electron chi connectivity index (χ1n) is 5.70. The molecule has 6 heteroatoms. The van der Waals surface area contributed by atoms with Crippen molar-refractivity contribution in [2.75, 3.05) is 21.0 Å². The highest BCUT2D eigenvalue weighted by atomic mass is 16.7. The van der Waals surface area contributed by atoms with Crippen LogP contribution in [0.2, 0.25) is 0 Å². The zero-order valence-corrected chi connectivity index (χ0v) is 10.7. The van der Waals surface area contributed by atoms with Gasteiger partial charge in [-0.15, -0.1) is 0 Å². The number of ether oxygens (including phenoxy) is 4. The number of fused-ring (bicyclic) bond motifs is 1. The molecule has 6 nitrogen and oxygen atoms in total. The molecule has 102 valence electrons. The number of hydrogen-bond donors (Lipinski definition) is 0. The normalized spacial score (nSPS) is 12.4. The van der Waals surface area contributed by atoms with E-state index in [9.17, 15) is 9.59 Å². The SMILES string of the molecule is COC(=O)C([14CH2]c1ccc2c(c1)OCO2)C(=O)OC. The zero-order chi connectivity index (χ0) is 13.8. The van der Waals surface area contributed by atoms with Gasteiger partial charge in [-0.3, -0.25) is 9.59 Å². The lowest BCUT2D eigenvalue weighted by molar-refractivity contribution is -0.158. The minimum atomic E-state index is -0.977. The fourth-order valence-electron chi connectivity index (χ4n) is 1.85. The molecule has 0 aromatic heterocycles. The van der Waals surface area contributed by atoms with Gasteiger partial charge < -0.3 is 18.9 Å². The molecule has 0 atom stereocenters. The monoisotopic (exact) mass is 268 g/mol. The summed E-state index contributed by atoms with van der Waals surface area (Å²) in [6.45, 7) is 0.177. The standard InChI is InChI=1S/C13H14O6/c1-16-12(14)9(13(15)17-2)5-8-3-4-10-11(6-8)19-7-18-10/h3-4,6,9H,5,7H2,1-2H3/i5+2. The lowest BCUT2D eigenvalue weighted by Gasteiger charge is -2.12. The third-order valence-corrected chi connectivity index (χ3v) is 2.85. The number of hydrogen-bond acceptors (Lipinski definition) is 6. The van der Waals surface area contributed by atoms with Crippen molar-refractivity contribution < 1.29 is 28.5 Å². The van der Waals surface area contributed by atoms with Crippen molar-refractivity contribution in [1.82, 2.24) is 0 Å². The van der Waals surface area contributed by atoms with Crippen molar-refractivity contribution in [3.8, 4) is 11.5 Å². The minimum Gasteiger partial charge on any atom is -0.468 e. The second-order valence-corrected chi connectivity index (χ2v) is 3.99. The molecular formula is C13H14O6. The van der Waals surface area contributed by atoms with Gasteiger partial charge >= 0.3 is 11.9 Å². The highest BCUT2D eigenvalue weighted by Gasteiger charge is 2.29. The Hall–Kier alpha value is -2.24. The van der Waals surface area contributed by atoms with E-state index in [1.165, 1.54) is 14.2 Å². The zero-order valence-electron chi connectivity index (χ0n) is 10.7. The number of carbonyl (C=O) groups is 2. The second kappa shape index (κ2) is 5.60. The molecule has 1 aliphatic rings. The van der Waals surface area contributed by atoms with Crippen LogP contribution in [0.15, 0.2) is 18.2 Å². The maximum Gasteiger partial charge on any atom is 0.320 e. The van der Waals surface area contributed by atoms with Crippen molar-refractivity contribution >= 4 is 11.9 Å². The summed E-state index contributed by atoms with van der Waals surface area (Å²) in [5.74, 6) is -0.966. The number of benzene rings is 1. The first kappa shape index (κ1) is 13.2. The van der Waals surface area contributed by atoms with E-state index in [1.54, 1.807) is 18.2 Å². The first-order chi connectivity index (χ1) is 9.15. The molecule has 0 saturated heterocycles. The van der Waals surface area contributed by atoms with Crippen LogP contribution < -0.4 is 9.47 Å². The number of carbonyl (C=O) groups excluding carboxylic acids is 2. The summed E-state index contributed by atoms with van der Waals surface area (Å²) in [5, 5.41) is 0. The predicted molar refractivity (Wildman–Crippen MR) is 63.8 cm³/mol. The Balaban J connectivity index is 2.17. The summed E-state index contributed by atoms with van der Waals surface area (Å²) in [4.78, 5) is 23.1. The third-order valence-electron chi connectivity index (χ3n) is 2.85. The Bertz CT molecular complexity index is 480. The van der Waals surface area contributed by atoms with Gasteiger partial charge in [0.05, 0.1) is 14.2 Å². The van der Waals surface area contributed by atoms with Gasteiger partial charge in [-0.1, -0.05) is 6.07 Å². The van der Waals surface area contributed by atoms with Crippen molar-refractivity contribution in [3.63, 3.8) is 0 Å². The molecule has 1 heterocycles. The highest BCUT2D eigenvalue weighted by molar-refractivity contribution is 5.95. The summed E-state index contributed by atoms with van der Waals surface area (Å²) < 4.78 is 19.6. The van der Waals surface area contributed by atoms with Crippen molar-refractivity contribution in [2.45, 2.75) is 6.42 Å². The van der Waals surface area contributed by atoms with Crippen LogP contribution in [0, 0.1) is 5.92 Å². The van der Waals surface area contributed by atoms with E-state index in [2.05, 4.69) is 9.47 Å². The molecule has 0 radical (unpaired) electrons. The average Bonchev–Trinajstić information content (AvgIpc) is 2.90. The molecule has 0 fully saturated rings. The Morgan fingerprint density at radius 3 is 2.42 bits per heavy atom. The van der Waals surface area contributed by atoms with Gasteiger partial charge in [-0.05, 0) is 24.1 Å². The van der Waals surface area contributed by atoms with E-state index in [0.717, 1.165) is 5.56 Å². The minimum absolute atomic E-state index is 0.177. The van der Waals surface area contributed by atoms with Crippen LogP contribution >= 0.6 is 0 Å². The van der Waals surface area contributed by atoms with Gasteiger partial charge in [-0.2, -0.15) is 0 Å². The Kier molecular flexibility index (Phi) is 3.89. The molecule has 1 aromatic rings. The van der Waals surface area contributed by atoms with Crippen LogP contribution in [0.3, 0.4) is 0 Å². The number of methoxy groups -OCH3 is 2. The van der Waals surface area contributed by atoms with E-state index in [4.69, 9.17) is 9.47 Å². The van der Waals surface area contributed by atoms with Crippen molar-refractivity contribution in [2.24, 2.45) is 5.92 Å². The van der Waals surface area contributed by atoms with Crippen LogP contribution in [0.25, 0.3) is 0 Å². The van der Waals surface area contributed by atoms with Gasteiger partial charge in [0.1, 0.15) is 0 Å². The maximum absolute atomic E-state index is 11.6. The van der Waals surface area contributed by atoms with E-state index < -0.39 is 17.9 Å². The van der Waals surface area contributed by atoms with Gasteiger partial charge in [0, 0.05) is 0 Å². The smallest absolute Gasteiger partial charge is 0.320 e. The van der Waals surface area contributed by atoms with Gasteiger partial charge in [0.15, 0.2) is 17.4 Å². The van der Waals surface area contributed by atoms with Gasteiger partial charge in [0.2, 0.25) is 6.79 Å². The highest BCUT2D eigenvalue weighted by Crippen LogP contribution is 2.33. The van der Waals surface area contributed by atoms with Gasteiger partial charge in [0.25, 0.3) is 0 Å². The predicted octanol–water partition coefficient (Wildman–Crippen LogP) is 0.920.